The summed E-state index contributed by atoms with van der Waals surface area (Å²) < 4.78 is 0. The lowest BCUT2D eigenvalue weighted by atomic mass is 10.1. The fourth-order valence-corrected chi connectivity index (χ4v) is 1.70. The van der Waals surface area contributed by atoms with Crippen molar-refractivity contribution in [1.29, 1.82) is 0 Å². The van der Waals surface area contributed by atoms with Gasteiger partial charge in [0.15, 0.2) is 0 Å². The van der Waals surface area contributed by atoms with Crippen LogP contribution >= 0.6 is 11.8 Å². The smallest absolute Gasteiger partial charge is 0.272 e. The first-order valence-electron chi connectivity index (χ1n) is 4.57. The number of hydrogen-bond acceptors (Lipinski definition) is 3. The van der Waals surface area contributed by atoms with E-state index in [4.69, 9.17) is 0 Å². The number of carbonyl (C=O) groups excluding carboxylic acids is 1. The molecular weight excluding hydrogens is 208 g/mol. The number of hydrogen-bond donors (Lipinski definition) is 0. The van der Waals surface area contributed by atoms with Crippen molar-refractivity contribution in [3.8, 4) is 0 Å². The van der Waals surface area contributed by atoms with E-state index >= 15 is 0 Å². The first-order chi connectivity index (χ1) is 7.31. The second-order valence-electron chi connectivity index (χ2n) is 3.05. The van der Waals surface area contributed by atoms with Gasteiger partial charge in [-0.25, -0.2) is 4.99 Å². The minimum absolute atomic E-state index is 0.239. The van der Waals surface area contributed by atoms with Crippen LogP contribution in [0.1, 0.15) is 5.56 Å². The molecule has 0 atom stereocenters. The van der Waals surface area contributed by atoms with E-state index < -0.39 is 0 Å². The highest BCUT2D eigenvalue weighted by molar-refractivity contribution is 8.13. The molecule has 0 aliphatic carbocycles. The predicted octanol–water partition coefficient (Wildman–Crippen LogP) is 1.78. The van der Waals surface area contributed by atoms with Crippen LogP contribution in [0.15, 0.2) is 40.3 Å². The van der Waals surface area contributed by atoms with E-state index in [0.717, 1.165) is 10.6 Å². The van der Waals surface area contributed by atoms with Gasteiger partial charge in [0.05, 0.1) is 11.6 Å². The lowest BCUT2D eigenvalue weighted by Gasteiger charge is -2.09. The summed E-state index contributed by atoms with van der Waals surface area (Å²) in [6.45, 7) is 0.511. The molecular formula is C11H10N2OS. The third-order valence-corrected chi connectivity index (χ3v) is 2.78. The molecule has 0 saturated carbocycles. The fraction of sp³-hybridized carbons (Fsp3) is 0.182. The van der Waals surface area contributed by atoms with Gasteiger partial charge in [-0.05, 0) is 6.26 Å². The molecule has 0 bridgehead atoms. The van der Waals surface area contributed by atoms with Crippen LogP contribution in [-0.2, 0) is 4.79 Å². The average Bonchev–Trinajstić information content (AvgIpc) is 2.30. The Balaban J connectivity index is 2.28. The molecule has 1 heterocycles. The Kier molecular flexibility index (Phi) is 2.97. The molecule has 76 valence electrons. The Labute approximate surface area is 92.3 Å². The molecule has 15 heavy (non-hydrogen) atoms. The molecule has 0 radical (unpaired) electrons. The molecule has 1 aromatic carbocycles. The second-order valence-corrected chi connectivity index (χ2v) is 3.93. The van der Waals surface area contributed by atoms with Crippen molar-refractivity contribution in [3.05, 3.63) is 35.9 Å². The van der Waals surface area contributed by atoms with E-state index in [0.29, 0.717) is 12.3 Å². The number of nitrogens with zero attached hydrogens (tertiary/aromatic N) is 2. The van der Waals surface area contributed by atoms with Crippen molar-refractivity contribution in [2.45, 2.75) is 0 Å². The highest BCUT2D eigenvalue weighted by atomic mass is 32.2. The zero-order chi connectivity index (χ0) is 10.7. The van der Waals surface area contributed by atoms with Gasteiger partial charge < -0.3 is 0 Å². The second kappa shape index (κ2) is 4.40. The summed E-state index contributed by atoms with van der Waals surface area (Å²) in [5, 5.41) is 0.777. The maximum Gasteiger partial charge on any atom is 0.296 e. The molecule has 4 heteroatoms. The third-order valence-electron chi connectivity index (χ3n) is 2.08. The van der Waals surface area contributed by atoms with Crippen LogP contribution in [0.25, 0.3) is 0 Å². The number of benzene rings is 1. The first kappa shape index (κ1) is 10.1. The molecule has 1 aromatic rings. The Morgan fingerprint density at radius 1 is 1.27 bits per heavy atom. The largest absolute Gasteiger partial charge is 0.296 e. The van der Waals surface area contributed by atoms with E-state index in [1.54, 1.807) is 0 Å². The number of aliphatic imine (C=N–C) groups is 2. The van der Waals surface area contributed by atoms with Gasteiger partial charge >= 0.3 is 0 Å². The Morgan fingerprint density at radius 3 is 2.60 bits per heavy atom. The summed E-state index contributed by atoms with van der Waals surface area (Å²) in [6, 6.07) is 9.43. The molecule has 0 unspecified atom stereocenters. The van der Waals surface area contributed by atoms with Crippen LogP contribution in [0.3, 0.4) is 0 Å². The molecule has 0 spiro atoms. The normalized spacial score (nSPS) is 15.9. The van der Waals surface area contributed by atoms with E-state index in [1.807, 2.05) is 36.6 Å². The molecule has 1 aliphatic heterocycles. The van der Waals surface area contributed by atoms with Crippen molar-refractivity contribution < 1.29 is 4.79 Å². The number of amides is 1. The number of rotatable bonds is 1. The molecule has 3 nitrogen and oxygen atoms in total. The van der Waals surface area contributed by atoms with Gasteiger partial charge in [-0.15, -0.1) is 11.8 Å². The van der Waals surface area contributed by atoms with E-state index in [2.05, 4.69) is 9.98 Å². The highest BCUT2D eigenvalue weighted by Gasteiger charge is 2.17. The summed E-state index contributed by atoms with van der Waals surface area (Å²) >= 11 is 1.47. The van der Waals surface area contributed by atoms with E-state index in [-0.39, 0.29) is 5.91 Å². The molecule has 0 aromatic heterocycles. The SMILES string of the molecule is CSC1=NC(=O)C(c2ccccc2)=NC1. The van der Waals surface area contributed by atoms with Crippen molar-refractivity contribution in [2.24, 2.45) is 9.98 Å². The summed E-state index contributed by atoms with van der Waals surface area (Å²) in [5.74, 6) is -0.239. The van der Waals surface area contributed by atoms with Crippen LogP contribution in [0.2, 0.25) is 0 Å². The molecule has 1 amide bonds. The van der Waals surface area contributed by atoms with Gasteiger partial charge in [0, 0.05) is 5.56 Å². The molecule has 0 N–H and O–H groups in total. The third kappa shape index (κ3) is 2.15. The zero-order valence-electron chi connectivity index (χ0n) is 8.30. The molecule has 0 saturated heterocycles. The first-order valence-corrected chi connectivity index (χ1v) is 5.79. The zero-order valence-corrected chi connectivity index (χ0v) is 9.12. The quantitative estimate of drug-likeness (QED) is 0.721. The number of carbonyl (C=O) groups is 1. The van der Waals surface area contributed by atoms with E-state index in [1.165, 1.54) is 11.8 Å². The average molecular weight is 218 g/mol. The lowest BCUT2D eigenvalue weighted by molar-refractivity contribution is -0.111. The van der Waals surface area contributed by atoms with Gasteiger partial charge in [0.25, 0.3) is 5.91 Å². The van der Waals surface area contributed by atoms with Gasteiger partial charge in [-0.1, -0.05) is 30.3 Å². The van der Waals surface area contributed by atoms with Crippen LogP contribution in [0, 0.1) is 0 Å². The molecule has 0 fully saturated rings. The summed E-state index contributed by atoms with van der Waals surface area (Å²) in [7, 11) is 0. The number of thioether (sulfide) groups is 1. The maximum absolute atomic E-state index is 11.6. The summed E-state index contributed by atoms with van der Waals surface area (Å²) in [6.07, 6.45) is 1.90. The lowest BCUT2D eigenvalue weighted by Crippen LogP contribution is -2.21. The van der Waals surface area contributed by atoms with Gasteiger partial charge in [0.2, 0.25) is 0 Å². The monoisotopic (exact) mass is 218 g/mol. The van der Waals surface area contributed by atoms with Gasteiger partial charge in [0.1, 0.15) is 5.71 Å². The minimum Gasteiger partial charge on any atom is -0.272 e. The van der Waals surface area contributed by atoms with E-state index in [9.17, 15) is 4.79 Å². The van der Waals surface area contributed by atoms with Crippen molar-refractivity contribution in [3.63, 3.8) is 0 Å². The molecule has 2 rings (SSSR count). The Hall–Kier alpha value is -1.42. The van der Waals surface area contributed by atoms with Crippen LogP contribution in [0.5, 0.6) is 0 Å². The Bertz CT molecular complexity index is 437. The summed E-state index contributed by atoms with van der Waals surface area (Å²) in [5.41, 5.74) is 1.31. The van der Waals surface area contributed by atoms with Crippen LogP contribution < -0.4 is 0 Å². The topological polar surface area (TPSA) is 41.8 Å². The fourth-order valence-electron chi connectivity index (χ4n) is 1.34. The predicted molar refractivity (Wildman–Crippen MR) is 63.8 cm³/mol. The van der Waals surface area contributed by atoms with Crippen molar-refractivity contribution in [2.75, 3.05) is 12.8 Å². The van der Waals surface area contributed by atoms with Gasteiger partial charge in [-0.2, -0.15) is 0 Å². The van der Waals surface area contributed by atoms with Crippen LogP contribution in [-0.4, -0.2) is 29.5 Å². The standard InChI is InChI=1S/C11H10N2OS/c1-15-9-7-12-10(11(14)13-9)8-5-3-2-4-6-8/h2-6H,7H2,1H3. The van der Waals surface area contributed by atoms with Crippen LogP contribution in [0.4, 0.5) is 0 Å². The molecule has 1 aliphatic rings. The maximum atomic E-state index is 11.6. The van der Waals surface area contributed by atoms with Gasteiger partial charge in [-0.3, -0.25) is 9.79 Å². The minimum atomic E-state index is -0.239. The Morgan fingerprint density at radius 2 is 2.00 bits per heavy atom. The summed E-state index contributed by atoms with van der Waals surface area (Å²) in [4.78, 5) is 19.8. The highest BCUT2D eigenvalue weighted by Crippen LogP contribution is 2.10. The van der Waals surface area contributed by atoms with Crippen molar-refractivity contribution >= 4 is 28.4 Å². The van der Waals surface area contributed by atoms with Crippen molar-refractivity contribution in [1.82, 2.24) is 0 Å².